The molecule has 6 aromatic rings. The molecule has 6 rings (SSSR count). The van der Waals surface area contributed by atoms with E-state index in [1.54, 1.807) is 24.3 Å². The summed E-state index contributed by atoms with van der Waals surface area (Å²) in [6.45, 7) is 23.6. The van der Waals surface area contributed by atoms with E-state index >= 15 is 0 Å². The monoisotopic (exact) mass is 796 g/mol. The molecule has 306 valence electrons. The smallest absolute Gasteiger partial charge is 0.0723 e. The summed E-state index contributed by atoms with van der Waals surface area (Å²) >= 11 is 0. The minimum atomic E-state index is 0.519. The first-order chi connectivity index (χ1) is 29.4. The molecule has 0 aliphatic carbocycles. The van der Waals surface area contributed by atoms with Crippen LogP contribution in [0.4, 0.5) is 34.1 Å². The largest absolute Gasteiger partial charge is 0.373 e. The van der Waals surface area contributed by atoms with Gasteiger partial charge in [-0.15, -0.1) is 26.3 Å². The van der Waals surface area contributed by atoms with Gasteiger partial charge in [0.25, 0.3) is 0 Å². The molecule has 0 aromatic heterocycles. The average molecular weight is 797 g/mol. The summed E-state index contributed by atoms with van der Waals surface area (Å²) < 4.78 is 23.0. The fourth-order valence-electron chi connectivity index (χ4n) is 6.97. The maximum Gasteiger partial charge on any atom is 0.0723 e. The Balaban J connectivity index is 1.29. The Morgan fingerprint density at radius 1 is 0.367 bits per heavy atom. The molecular weight excluding hydrogens is 741 g/mol. The van der Waals surface area contributed by atoms with Crippen LogP contribution in [0, 0.1) is 13.8 Å². The fourth-order valence-corrected chi connectivity index (χ4v) is 6.97. The average Bonchev–Trinajstić information content (AvgIpc) is 3.27. The van der Waals surface area contributed by atoms with Gasteiger partial charge in [0.2, 0.25) is 0 Å². The second-order valence-electron chi connectivity index (χ2n) is 14.5. The van der Waals surface area contributed by atoms with Crippen molar-refractivity contribution in [2.45, 2.75) is 40.3 Å². The lowest BCUT2D eigenvalue weighted by molar-refractivity contribution is 0.148. The fraction of sp³-hybridized carbons (Fsp3) is 0.185. The zero-order valence-corrected chi connectivity index (χ0v) is 35.0. The second kappa shape index (κ2) is 22.2. The van der Waals surface area contributed by atoms with E-state index in [1.807, 2.05) is 0 Å². The molecule has 0 aliphatic rings. The van der Waals surface area contributed by atoms with Crippen molar-refractivity contribution in [3.8, 4) is 11.1 Å². The molecule has 6 nitrogen and oxygen atoms in total. The van der Waals surface area contributed by atoms with Crippen LogP contribution in [0.1, 0.15) is 33.4 Å². The highest BCUT2D eigenvalue weighted by Crippen LogP contribution is 2.39. The second-order valence-corrected chi connectivity index (χ2v) is 14.5. The molecule has 0 atom stereocenters. The Bertz CT molecular complexity index is 2150. The summed E-state index contributed by atoms with van der Waals surface area (Å²) in [5.74, 6) is 0. The quantitative estimate of drug-likeness (QED) is 0.0475. The third kappa shape index (κ3) is 11.5. The van der Waals surface area contributed by atoms with Gasteiger partial charge in [-0.1, -0.05) is 85.0 Å². The first-order valence-electron chi connectivity index (χ1n) is 20.3. The van der Waals surface area contributed by atoms with Gasteiger partial charge in [0.15, 0.2) is 0 Å². The van der Waals surface area contributed by atoms with Gasteiger partial charge in [-0.3, -0.25) is 0 Å². The standard InChI is InChI=1S/C54H56N2O4/c1-7-31-57-37-43-11-21-49(22-12-43)55(53-29-19-47(41(5)35-53)39-59-33-9-3)51-25-15-45(16-26-51)46-17-27-52(28-18-46)56(50-23-13-44(14-24-50)38-58-32-8-2)54-30-20-48(42(6)36-54)40-60-34-10-4/h7-30,35-36H,1-4,31-34,37-40H2,5-6H3. The van der Waals surface area contributed by atoms with E-state index in [0.717, 1.165) is 67.5 Å². The highest BCUT2D eigenvalue weighted by Gasteiger charge is 2.17. The molecule has 0 amide bonds. The van der Waals surface area contributed by atoms with Crippen LogP contribution < -0.4 is 9.80 Å². The molecule has 0 heterocycles. The molecule has 0 spiro atoms. The Morgan fingerprint density at radius 2 is 0.650 bits per heavy atom. The molecule has 6 heteroatoms. The summed E-state index contributed by atoms with van der Waals surface area (Å²) in [6, 6.07) is 47.7. The van der Waals surface area contributed by atoms with Gasteiger partial charge in [-0.05, 0) is 131 Å². The van der Waals surface area contributed by atoms with Crippen molar-refractivity contribution in [2.75, 3.05) is 36.2 Å². The van der Waals surface area contributed by atoms with Crippen LogP contribution in [0.15, 0.2) is 184 Å². The molecular formula is C54H56N2O4. The molecule has 0 fully saturated rings. The molecule has 6 aromatic carbocycles. The van der Waals surface area contributed by atoms with Gasteiger partial charge in [-0.2, -0.15) is 0 Å². The normalized spacial score (nSPS) is 10.9. The summed E-state index contributed by atoms with van der Waals surface area (Å²) in [6.07, 6.45) is 7.09. The molecule has 0 saturated heterocycles. The van der Waals surface area contributed by atoms with Gasteiger partial charge >= 0.3 is 0 Å². The Labute approximate surface area is 357 Å². The Hall–Kier alpha value is -6.28. The van der Waals surface area contributed by atoms with Gasteiger partial charge in [-0.25, -0.2) is 0 Å². The minimum Gasteiger partial charge on any atom is -0.373 e. The molecule has 0 aliphatic heterocycles. The topological polar surface area (TPSA) is 43.4 Å². The van der Waals surface area contributed by atoms with Crippen molar-refractivity contribution in [1.29, 1.82) is 0 Å². The van der Waals surface area contributed by atoms with Crippen LogP contribution in [0.5, 0.6) is 0 Å². The van der Waals surface area contributed by atoms with Crippen molar-refractivity contribution in [2.24, 2.45) is 0 Å². The van der Waals surface area contributed by atoms with Crippen molar-refractivity contribution in [3.05, 3.63) is 217 Å². The maximum atomic E-state index is 5.77. The number of hydrogen-bond donors (Lipinski definition) is 0. The van der Waals surface area contributed by atoms with Crippen LogP contribution in [0.25, 0.3) is 11.1 Å². The van der Waals surface area contributed by atoms with Crippen LogP contribution in [-0.4, -0.2) is 26.4 Å². The van der Waals surface area contributed by atoms with E-state index < -0.39 is 0 Å². The first kappa shape index (κ1) is 43.3. The summed E-state index contributed by atoms with van der Waals surface area (Å²) in [5.41, 5.74) is 15.5. The van der Waals surface area contributed by atoms with Crippen molar-refractivity contribution < 1.29 is 18.9 Å². The summed E-state index contributed by atoms with van der Waals surface area (Å²) in [7, 11) is 0. The Kier molecular flexibility index (Phi) is 16.0. The van der Waals surface area contributed by atoms with E-state index in [-0.39, 0.29) is 0 Å². The molecule has 0 unspecified atom stereocenters. The number of rotatable bonds is 23. The maximum absolute atomic E-state index is 5.77. The third-order valence-electron chi connectivity index (χ3n) is 10.1. The van der Waals surface area contributed by atoms with Crippen molar-refractivity contribution in [3.63, 3.8) is 0 Å². The SMILES string of the molecule is C=CCOCc1ccc(N(c2ccc(-c3ccc(N(c4ccc(COCC=C)cc4)c4ccc(COCC=C)c(C)c4)cc3)cc2)c2ccc(COCC=C)c(C)c2)cc1. The van der Waals surface area contributed by atoms with Crippen LogP contribution in [-0.2, 0) is 45.4 Å². The molecule has 60 heavy (non-hydrogen) atoms. The van der Waals surface area contributed by atoms with Gasteiger partial charge in [0.05, 0.1) is 52.9 Å². The van der Waals surface area contributed by atoms with Crippen LogP contribution >= 0.6 is 0 Å². The summed E-state index contributed by atoms with van der Waals surface area (Å²) in [5, 5.41) is 0. The number of ether oxygens (including phenoxy) is 4. The van der Waals surface area contributed by atoms with Crippen LogP contribution in [0.2, 0.25) is 0 Å². The number of benzene rings is 6. The minimum absolute atomic E-state index is 0.519. The predicted octanol–water partition coefficient (Wildman–Crippen LogP) is 13.7. The van der Waals surface area contributed by atoms with E-state index in [2.05, 4.69) is 183 Å². The molecule has 0 bridgehead atoms. The molecule has 0 saturated carbocycles. The molecule has 0 radical (unpaired) electrons. The first-order valence-corrected chi connectivity index (χ1v) is 20.3. The van der Waals surface area contributed by atoms with Gasteiger partial charge in [0, 0.05) is 34.1 Å². The zero-order chi connectivity index (χ0) is 42.1. The number of nitrogens with zero attached hydrogens (tertiary/aromatic N) is 2. The van der Waals surface area contributed by atoms with Gasteiger partial charge in [0.1, 0.15) is 0 Å². The number of anilines is 6. The summed E-state index contributed by atoms with van der Waals surface area (Å²) in [4.78, 5) is 4.58. The third-order valence-corrected chi connectivity index (χ3v) is 10.1. The van der Waals surface area contributed by atoms with E-state index in [4.69, 9.17) is 18.9 Å². The number of aryl methyl sites for hydroxylation is 2. The van der Waals surface area contributed by atoms with Crippen molar-refractivity contribution in [1.82, 2.24) is 0 Å². The van der Waals surface area contributed by atoms with E-state index in [1.165, 1.54) is 11.1 Å². The van der Waals surface area contributed by atoms with Crippen molar-refractivity contribution >= 4 is 34.1 Å². The highest BCUT2D eigenvalue weighted by molar-refractivity contribution is 5.81. The Morgan fingerprint density at radius 3 is 0.950 bits per heavy atom. The molecule has 0 N–H and O–H groups in total. The number of hydrogen-bond acceptors (Lipinski definition) is 6. The van der Waals surface area contributed by atoms with Gasteiger partial charge < -0.3 is 28.7 Å². The van der Waals surface area contributed by atoms with Crippen LogP contribution in [0.3, 0.4) is 0 Å². The highest BCUT2D eigenvalue weighted by atomic mass is 16.5. The van der Waals surface area contributed by atoms with E-state index in [0.29, 0.717) is 52.9 Å². The predicted molar refractivity (Wildman–Crippen MR) is 250 cm³/mol. The lowest BCUT2D eigenvalue weighted by Crippen LogP contribution is -2.11. The zero-order valence-electron chi connectivity index (χ0n) is 35.0. The lowest BCUT2D eigenvalue weighted by atomic mass is 10.0. The lowest BCUT2D eigenvalue weighted by Gasteiger charge is -2.27. The van der Waals surface area contributed by atoms with E-state index in [9.17, 15) is 0 Å².